The van der Waals surface area contributed by atoms with Crippen molar-refractivity contribution in [2.75, 3.05) is 19.6 Å². The number of hydrogen-bond acceptors (Lipinski definition) is 4. The van der Waals surface area contributed by atoms with E-state index in [1.165, 1.54) is 47.7 Å². The van der Waals surface area contributed by atoms with Gasteiger partial charge in [-0.05, 0) is 140 Å². The molecule has 4 saturated carbocycles. The lowest BCUT2D eigenvalue weighted by atomic mass is 9.76. The van der Waals surface area contributed by atoms with Crippen molar-refractivity contribution in [3.05, 3.63) is 135 Å². The molecule has 10 rings (SSSR count). The molecule has 2 N–H and O–H groups in total. The Hall–Kier alpha value is -3.18. The number of benzene rings is 4. The Bertz CT molecular complexity index is 1990. The van der Waals surface area contributed by atoms with Gasteiger partial charge in [0.1, 0.15) is 29.8 Å². The molecule has 5 nitrogen and oxygen atoms in total. The lowest BCUT2D eigenvalue weighted by molar-refractivity contribution is -0.145. The summed E-state index contributed by atoms with van der Waals surface area (Å²) in [6.07, 6.45) is 10.7. The van der Waals surface area contributed by atoms with E-state index < -0.39 is 11.4 Å². The van der Waals surface area contributed by atoms with Crippen LogP contribution in [0.2, 0.25) is 0 Å². The van der Waals surface area contributed by atoms with Gasteiger partial charge in [-0.2, -0.15) is 0 Å². The zero-order chi connectivity index (χ0) is 38.3. The number of hydrogen-bond donors (Lipinski definition) is 2. The minimum Gasteiger partial charge on any atom is -0.489 e. The SMILES string of the molecule is Br.Fc1cccc(C2CC2)c1CBr.O=C(O)C1(CN2CC3(Cc4ccc(OCc5c(F)cccc5C5CC5)cc4C3)C2)CC1.OCc1c(F)cccc1C1CC1. The molecule has 10 heteroatoms. The number of aliphatic hydroxyl groups is 1. The van der Waals surface area contributed by atoms with Crippen LogP contribution in [0.3, 0.4) is 0 Å². The van der Waals surface area contributed by atoms with Gasteiger partial charge < -0.3 is 19.8 Å². The fraction of sp³-hybridized carbons (Fsp3) is 0.457. The van der Waals surface area contributed by atoms with Gasteiger partial charge in [0, 0.05) is 47.1 Å². The normalized spacial score (nSPS) is 19.7. The van der Waals surface area contributed by atoms with Crippen LogP contribution in [-0.2, 0) is 36.2 Å². The Morgan fingerprint density at radius 2 is 1.23 bits per heavy atom. The number of halogens is 5. The second kappa shape index (κ2) is 17.0. The van der Waals surface area contributed by atoms with Gasteiger partial charge in [-0.1, -0.05) is 58.4 Å². The van der Waals surface area contributed by atoms with Gasteiger partial charge in [0.2, 0.25) is 0 Å². The lowest BCUT2D eigenvalue weighted by Gasteiger charge is -2.49. The summed E-state index contributed by atoms with van der Waals surface area (Å²) in [6, 6.07) is 22.0. The number of carbonyl (C=O) groups is 1. The summed E-state index contributed by atoms with van der Waals surface area (Å²) in [7, 11) is 0. The highest BCUT2D eigenvalue weighted by Gasteiger charge is 2.55. The molecule has 4 aromatic rings. The number of aliphatic carboxylic acids is 1. The average molecular weight is 898 g/mol. The topological polar surface area (TPSA) is 70.0 Å². The summed E-state index contributed by atoms with van der Waals surface area (Å²) in [5.41, 5.74) is 7.81. The molecular weight excluding hydrogens is 847 g/mol. The van der Waals surface area contributed by atoms with Crippen molar-refractivity contribution in [2.45, 2.75) is 101 Å². The molecule has 1 heterocycles. The number of carboxylic acid groups (broad SMARTS) is 1. The van der Waals surface area contributed by atoms with Crippen molar-refractivity contribution >= 4 is 38.9 Å². The van der Waals surface area contributed by atoms with Gasteiger partial charge in [-0.3, -0.25) is 4.79 Å². The maximum atomic E-state index is 14.4. The molecule has 0 amide bonds. The van der Waals surface area contributed by atoms with Crippen LogP contribution in [0.25, 0.3) is 0 Å². The third-order valence-corrected chi connectivity index (χ3v) is 13.0. The highest BCUT2D eigenvalue weighted by molar-refractivity contribution is 9.08. The number of aliphatic hydroxyl groups excluding tert-OH is 1. The van der Waals surface area contributed by atoms with Crippen LogP contribution in [0, 0.1) is 28.3 Å². The summed E-state index contributed by atoms with van der Waals surface area (Å²) in [6.45, 7) is 2.74. The predicted molar refractivity (Wildman–Crippen MR) is 220 cm³/mol. The van der Waals surface area contributed by atoms with Gasteiger partial charge >= 0.3 is 5.97 Å². The zero-order valence-corrected chi connectivity index (χ0v) is 34.9. The molecular formula is C46H50Br2F3NO4. The van der Waals surface area contributed by atoms with Crippen molar-refractivity contribution in [3.63, 3.8) is 0 Å². The Kier molecular flexibility index (Phi) is 12.4. The lowest BCUT2D eigenvalue weighted by Crippen LogP contribution is -2.58. The summed E-state index contributed by atoms with van der Waals surface area (Å²) in [4.78, 5) is 13.8. The van der Waals surface area contributed by atoms with E-state index in [-0.39, 0.29) is 53.1 Å². The minimum atomic E-state index is -0.635. The second-order valence-electron chi connectivity index (χ2n) is 16.8. The third-order valence-electron chi connectivity index (χ3n) is 12.5. The van der Waals surface area contributed by atoms with E-state index in [0.717, 1.165) is 86.9 Å². The predicted octanol–water partition coefficient (Wildman–Crippen LogP) is 10.9. The first-order valence-corrected chi connectivity index (χ1v) is 20.9. The molecule has 1 aliphatic heterocycles. The van der Waals surface area contributed by atoms with Gasteiger partial charge in [0.05, 0.1) is 12.0 Å². The Morgan fingerprint density at radius 3 is 1.73 bits per heavy atom. The number of alkyl halides is 1. The van der Waals surface area contributed by atoms with E-state index in [9.17, 15) is 23.1 Å². The number of ether oxygens (including phenoxy) is 1. The molecule has 0 atom stereocenters. The molecule has 0 bridgehead atoms. The molecule has 56 heavy (non-hydrogen) atoms. The second-order valence-corrected chi connectivity index (χ2v) is 17.4. The Balaban J connectivity index is 0.000000157. The van der Waals surface area contributed by atoms with E-state index >= 15 is 0 Å². The van der Waals surface area contributed by atoms with Crippen molar-refractivity contribution in [3.8, 4) is 5.75 Å². The van der Waals surface area contributed by atoms with Crippen LogP contribution in [0.1, 0.15) is 114 Å². The molecule has 0 radical (unpaired) electrons. The van der Waals surface area contributed by atoms with Crippen LogP contribution in [0.15, 0.2) is 72.8 Å². The van der Waals surface area contributed by atoms with Gasteiger partial charge in [0.25, 0.3) is 0 Å². The van der Waals surface area contributed by atoms with E-state index in [2.05, 4.69) is 33.0 Å². The number of fused-ring (bicyclic) bond motifs is 1. The molecule has 1 saturated heterocycles. The first kappa shape index (κ1) is 41.0. The fourth-order valence-corrected chi connectivity index (χ4v) is 9.42. The molecule has 0 unspecified atom stereocenters. The summed E-state index contributed by atoms with van der Waals surface area (Å²) in [5, 5.41) is 19.0. The summed E-state index contributed by atoms with van der Waals surface area (Å²) < 4.78 is 46.7. The Labute approximate surface area is 346 Å². The standard InChI is InChI=1S/C26H28FNO3.C10H10BrF.C10H11FO.BrH/c27-23-3-1-2-21(17-4-5-17)22(23)13-31-20-7-6-18-11-25(12-19(18)10-20)14-28(15-25)16-26(8-9-26)24(29)30;11-6-9-8(7-4-5-7)2-1-3-10(9)12;11-10-3-1-2-8(7-4-5-7)9(10)6-12;/h1-3,6-7,10,17H,4-5,8-9,11-16H2,(H,29,30);1-3,7H,4-6H2;1-3,7,12H,4-6H2;1H. The smallest absolute Gasteiger partial charge is 0.310 e. The Morgan fingerprint density at radius 1 is 0.732 bits per heavy atom. The van der Waals surface area contributed by atoms with E-state index in [1.54, 1.807) is 18.2 Å². The first-order valence-electron chi connectivity index (χ1n) is 19.8. The number of likely N-dealkylation sites (tertiary alicyclic amines) is 1. The van der Waals surface area contributed by atoms with Crippen molar-refractivity contribution < 1.29 is 32.9 Å². The molecule has 4 aromatic carbocycles. The number of carboxylic acids is 1. The van der Waals surface area contributed by atoms with Gasteiger partial charge in [-0.25, -0.2) is 13.2 Å². The van der Waals surface area contributed by atoms with Crippen molar-refractivity contribution in [2.24, 2.45) is 10.8 Å². The summed E-state index contributed by atoms with van der Waals surface area (Å²) in [5.74, 6) is 1.28. The minimum absolute atomic E-state index is 0. The molecule has 298 valence electrons. The molecule has 0 aromatic heterocycles. The van der Waals surface area contributed by atoms with Crippen LogP contribution >= 0.6 is 32.9 Å². The van der Waals surface area contributed by atoms with Crippen LogP contribution in [0.4, 0.5) is 13.2 Å². The molecule has 5 aliphatic carbocycles. The molecule has 5 fully saturated rings. The highest BCUT2D eigenvalue weighted by atomic mass is 79.9. The monoisotopic (exact) mass is 895 g/mol. The van der Waals surface area contributed by atoms with E-state index in [4.69, 9.17) is 9.84 Å². The average Bonchev–Trinajstić information content (AvgIpc) is 3.97. The maximum absolute atomic E-state index is 14.4. The van der Waals surface area contributed by atoms with Crippen molar-refractivity contribution in [1.82, 2.24) is 4.90 Å². The van der Waals surface area contributed by atoms with Gasteiger partial charge in [0.15, 0.2) is 0 Å². The maximum Gasteiger partial charge on any atom is 0.310 e. The van der Waals surface area contributed by atoms with Crippen molar-refractivity contribution in [1.29, 1.82) is 0 Å². The first-order chi connectivity index (χ1) is 26.6. The van der Waals surface area contributed by atoms with E-state index in [0.29, 0.717) is 40.8 Å². The van der Waals surface area contributed by atoms with Crippen LogP contribution in [0.5, 0.6) is 5.75 Å². The number of rotatable bonds is 11. The van der Waals surface area contributed by atoms with E-state index in [1.807, 2.05) is 24.3 Å². The zero-order valence-electron chi connectivity index (χ0n) is 31.6. The van der Waals surface area contributed by atoms with Gasteiger partial charge in [-0.15, -0.1) is 17.0 Å². The highest BCUT2D eigenvalue weighted by Crippen LogP contribution is 2.51. The largest absolute Gasteiger partial charge is 0.489 e. The fourth-order valence-electron chi connectivity index (χ4n) is 8.83. The van der Waals surface area contributed by atoms with Crippen LogP contribution < -0.4 is 4.74 Å². The third kappa shape index (κ3) is 9.09. The molecule has 6 aliphatic rings. The molecule has 1 spiro atoms. The number of nitrogens with zero attached hydrogens (tertiary/aromatic N) is 1. The quantitative estimate of drug-likeness (QED) is 0.147. The summed E-state index contributed by atoms with van der Waals surface area (Å²) >= 11 is 3.32. The van der Waals surface area contributed by atoms with Crippen LogP contribution in [-0.4, -0.2) is 40.7 Å².